The highest BCUT2D eigenvalue weighted by molar-refractivity contribution is 6.30. The molecule has 2 aromatic rings. The van der Waals surface area contributed by atoms with Gasteiger partial charge in [-0.15, -0.1) is 0 Å². The SMILES string of the molecule is COc1cc(Cl)cc(Oc2cccc(C(=O)NC(C)C)c2)c1. The molecule has 0 aliphatic heterocycles. The van der Waals surface area contributed by atoms with Crippen LogP contribution in [0.1, 0.15) is 24.2 Å². The highest BCUT2D eigenvalue weighted by Gasteiger charge is 2.09. The zero-order valence-electron chi connectivity index (χ0n) is 12.7. The summed E-state index contributed by atoms with van der Waals surface area (Å²) in [6, 6.07) is 12.2. The van der Waals surface area contributed by atoms with E-state index >= 15 is 0 Å². The van der Waals surface area contributed by atoms with Gasteiger partial charge in [0.1, 0.15) is 17.2 Å². The Labute approximate surface area is 135 Å². The number of halogens is 1. The zero-order chi connectivity index (χ0) is 16.1. The molecule has 0 fully saturated rings. The number of methoxy groups -OCH3 is 1. The molecule has 2 aromatic carbocycles. The second-order valence-electron chi connectivity index (χ2n) is 5.08. The van der Waals surface area contributed by atoms with E-state index in [2.05, 4.69) is 5.32 Å². The van der Waals surface area contributed by atoms with E-state index in [1.165, 1.54) is 0 Å². The predicted octanol–water partition coefficient (Wildman–Crippen LogP) is 4.28. The Morgan fingerprint density at radius 2 is 1.82 bits per heavy atom. The van der Waals surface area contributed by atoms with Gasteiger partial charge in [0.2, 0.25) is 0 Å². The molecule has 1 N–H and O–H groups in total. The third-order valence-corrected chi connectivity index (χ3v) is 3.05. The van der Waals surface area contributed by atoms with Crippen LogP contribution in [0.4, 0.5) is 0 Å². The van der Waals surface area contributed by atoms with Crippen LogP contribution >= 0.6 is 11.6 Å². The van der Waals surface area contributed by atoms with Gasteiger partial charge in [-0.05, 0) is 44.2 Å². The Hall–Kier alpha value is -2.20. The van der Waals surface area contributed by atoms with Crippen LogP contribution in [0.2, 0.25) is 5.02 Å². The summed E-state index contributed by atoms with van der Waals surface area (Å²) in [5, 5.41) is 3.36. The maximum absolute atomic E-state index is 12.0. The average molecular weight is 320 g/mol. The molecule has 4 nitrogen and oxygen atoms in total. The van der Waals surface area contributed by atoms with Gasteiger partial charge >= 0.3 is 0 Å². The summed E-state index contributed by atoms with van der Waals surface area (Å²) in [6.07, 6.45) is 0. The van der Waals surface area contributed by atoms with Crippen LogP contribution in [-0.4, -0.2) is 19.1 Å². The molecule has 0 aromatic heterocycles. The van der Waals surface area contributed by atoms with E-state index in [9.17, 15) is 4.79 Å². The molecule has 0 unspecified atom stereocenters. The van der Waals surface area contributed by atoms with Crippen molar-refractivity contribution in [2.24, 2.45) is 0 Å². The lowest BCUT2D eigenvalue weighted by atomic mass is 10.2. The van der Waals surface area contributed by atoms with Gasteiger partial charge in [-0.3, -0.25) is 4.79 Å². The maximum Gasteiger partial charge on any atom is 0.251 e. The Morgan fingerprint density at radius 3 is 2.50 bits per heavy atom. The number of ether oxygens (including phenoxy) is 2. The minimum atomic E-state index is -0.135. The molecule has 116 valence electrons. The summed E-state index contributed by atoms with van der Waals surface area (Å²) in [5.41, 5.74) is 0.542. The van der Waals surface area contributed by atoms with Gasteiger partial charge in [0, 0.05) is 22.7 Å². The molecule has 0 aliphatic rings. The lowest BCUT2D eigenvalue weighted by molar-refractivity contribution is 0.0943. The number of nitrogens with one attached hydrogen (secondary N) is 1. The first-order chi connectivity index (χ1) is 10.5. The molecule has 2 rings (SSSR count). The monoisotopic (exact) mass is 319 g/mol. The minimum Gasteiger partial charge on any atom is -0.497 e. The van der Waals surface area contributed by atoms with Crippen molar-refractivity contribution in [2.75, 3.05) is 7.11 Å². The van der Waals surface area contributed by atoms with Crippen molar-refractivity contribution in [2.45, 2.75) is 19.9 Å². The molecule has 0 aliphatic carbocycles. The average Bonchev–Trinajstić information content (AvgIpc) is 2.46. The molecule has 5 heteroatoms. The van der Waals surface area contributed by atoms with Crippen LogP contribution in [0.3, 0.4) is 0 Å². The van der Waals surface area contributed by atoms with E-state index < -0.39 is 0 Å². The Balaban J connectivity index is 2.20. The summed E-state index contributed by atoms with van der Waals surface area (Å²) in [4.78, 5) is 12.0. The van der Waals surface area contributed by atoms with Crippen molar-refractivity contribution in [1.82, 2.24) is 5.32 Å². The Morgan fingerprint density at radius 1 is 1.09 bits per heavy atom. The molecular weight excluding hydrogens is 302 g/mol. The van der Waals surface area contributed by atoms with Crippen molar-refractivity contribution in [3.8, 4) is 17.2 Å². The third kappa shape index (κ3) is 4.40. The van der Waals surface area contributed by atoms with E-state index in [1.807, 2.05) is 13.8 Å². The first kappa shape index (κ1) is 16.2. The molecule has 0 heterocycles. The van der Waals surface area contributed by atoms with E-state index in [4.69, 9.17) is 21.1 Å². The molecule has 22 heavy (non-hydrogen) atoms. The molecule has 1 amide bonds. The van der Waals surface area contributed by atoms with Crippen LogP contribution < -0.4 is 14.8 Å². The summed E-state index contributed by atoms with van der Waals surface area (Å²) in [6.45, 7) is 3.83. The molecule has 0 atom stereocenters. The first-order valence-electron chi connectivity index (χ1n) is 6.91. The van der Waals surface area contributed by atoms with Crippen LogP contribution in [0.5, 0.6) is 17.2 Å². The van der Waals surface area contributed by atoms with Crippen molar-refractivity contribution in [1.29, 1.82) is 0 Å². The van der Waals surface area contributed by atoms with Gasteiger partial charge in [-0.1, -0.05) is 17.7 Å². The fraction of sp³-hybridized carbons (Fsp3) is 0.235. The van der Waals surface area contributed by atoms with Crippen LogP contribution in [0.15, 0.2) is 42.5 Å². The summed E-state index contributed by atoms with van der Waals surface area (Å²) < 4.78 is 10.9. The number of rotatable bonds is 5. The van der Waals surface area contributed by atoms with E-state index in [1.54, 1.807) is 49.6 Å². The van der Waals surface area contributed by atoms with Gasteiger partial charge in [-0.2, -0.15) is 0 Å². The van der Waals surface area contributed by atoms with Crippen molar-refractivity contribution in [3.05, 3.63) is 53.1 Å². The lowest BCUT2D eigenvalue weighted by Gasteiger charge is -2.11. The smallest absolute Gasteiger partial charge is 0.251 e. The quantitative estimate of drug-likeness (QED) is 0.894. The largest absolute Gasteiger partial charge is 0.497 e. The Kier molecular flexibility index (Phi) is 5.28. The topological polar surface area (TPSA) is 47.6 Å². The molecular formula is C17H18ClNO3. The first-order valence-corrected chi connectivity index (χ1v) is 7.29. The van der Waals surface area contributed by atoms with E-state index in [0.717, 1.165) is 0 Å². The number of hydrogen-bond donors (Lipinski definition) is 1. The third-order valence-electron chi connectivity index (χ3n) is 2.83. The summed E-state index contributed by atoms with van der Waals surface area (Å²) in [5.74, 6) is 1.58. The standard InChI is InChI=1S/C17H18ClNO3/c1-11(2)19-17(20)12-5-4-6-14(7-12)22-16-9-13(18)8-15(10-16)21-3/h4-11H,1-3H3,(H,19,20). The highest BCUT2D eigenvalue weighted by Crippen LogP contribution is 2.29. The normalized spacial score (nSPS) is 10.4. The van der Waals surface area contributed by atoms with Crippen molar-refractivity contribution >= 4 is 17.5 Å². The van der Waals surface area contributed by atoms with Gasteiger partial charge in [0.05, 0.1) is 7.11 Å². The Bertz CT molecular complexity index is 671. The number of carbonyl (C=O) groups is 1. The van der Waals surface area contributed by atoms with Crippen molar-refractivity contribution in [3.63, 3.8) is 0 Å². The van der Waals surface area contributed by atoms with Crippen LogP contribution in [-0.2, 0) is 0 Å². The van der Waals surface area contributed by atoms with Crippen LogP contribution in [0.25, 0.3) is 0 Å². The molecule has 0 radical (unpaired) electrons. The van der Waals surface area contributed by atoms with E-state index in [-0.39, 0.29) is 11.9 Å². The number of hydrogen-bond acceptors (Lipinski definition) is 3. The van der Waals surface area contributed by atoms with Gasteiger partial charge in [0.15, 0.2) is 0 Å². The van der Waals surface area contributed by atoms with Gasteiger partial charge in [0.25, 0.3) is 5.91 Å². The highest BCUT2D eigenvalue weighted by atomic mass is 35.5. The van der Waals surface area contributed by atoms with Gasteiger partial charge < -0.3 is 14.8 Å². The van der Waals surface area contributed by atoms with E-state index in [0.29, 0.717) is 27.8 Å². The lowest BCUT2D eigenvalue weighted by Crippen LogP contribution is -2.29. The fourth-order valence-electron chi connectivity index (χ4n) is 1.90. The molecule has 0 bridgehead atoms. The molecule has 0 saturated heterocycles. The number of carbonyl (C=O) groups excluding carboxylic acids is 1. The van der Waals surface area contributed by atoms with Gasteiger partial charge in [-0.25, -0.2) is 0 Å². The fourth-order valence-corrected chi connectivity index (χ4v) is 2.11. The van der Waals surface area contributed by atoms with Crippen molar-refractivity contribution < 1.29 is 14.3 Å². The number of amides is 1. The van der Waals surface area contributed by atoms with Crippen LogP contribution in [0, 0.1) is 0 Å². The second kappa shape index (κ2) is 7.18. The molecule has 0 spiro atoms. The second-order valence-corrected chi connectivity index (χ2v) is 5.52. The maximum atomic E-state index is 12.0. The zero-order valence-corrected chi connectivity index (χ0v) is 13.5. The molecule has 0 saturated carbocycles. The predicted molar refractivity (Wildman–Crippen MR) is 87.1 cm³/mol. The summed E-state index contributed by atoms with van der Waals surface area (Å²) in [7, 11) is 1.56. The number of benzene rings is 2. The summed E-state index contributed by atoms with van der Waals surface area (Å²) >= 11 is 6.01. The minimum absolute atomic E-state index is 0.0780.